The fourth-order valence-corrected chi connectivity index (χ4v) is 4.66. The highest BCUT2D eigenvalue weighted by molar-refractivity contribution is 9.10. The van der Waals surface area contributed by atoms with Gasteiger partial charge in [-0.1, -0.05) is 40.2 Å². The number of para-hydroxylation sites is 1. The number of nitrogens with one attached hydrogen (secondary N) is 1. The van der Waals surface area contributed by atoms with Crippen molar-refractivity contribution >= 4 is 56.5 Å². The second-order valence-electron chi connectivity index (χ2n) is 7.74. The van der Waals surface area contributed by atoms with E-state index < -0.39 is 29.4 Å². The number of methoxy groups -OCH3 is 1. The Morgan fingerprint density at radius 3 is 2.59 bits per heavy atom. The predicted molar refractivity (Wildman–Crippen MR) is 139 cm³/mol. The Hall–Kier alpha value is -3.70. The molecule has 37 heavy (non-hydrogen) atoms. The summed E-state index contributed by atoms with van der Waals surface area (Å²) in [6, 6.07) is 14.8. The number of amides is 3. The van der Waals surface area contributed by atoms with Crippen LogP contribution in [0.4, 0.5) is 19.3 Å². The maximum absolute atomic E-state index is 13.8. The smallest absolute Gasteiger partial charge is 0.294 e. The Morgan fingerprint density at radius 1 is 1.08 bits per heavy atom. The van der Waals surface area contributed by atoms with E-state index in [2.05, 4.69) is 21.2 Å². The molecule has 0 aliphatic carbocycles. The molecule has 0 radical (unpaired) electrons. The van der Waals surface area contributed by atoms with Crippen molar-refractivity contribution in [3.8, 4) is 11.5 Å². The van der Waals surface area contributed by atoms with Crippen LogP contribution in [0.3, 0.4) is 0 Å². The number of carbonyl (C=O) groups is 3. The Bertz CT molecular complexity index is 1420. The number of hydrogen-bond acceptors (Lipinski definition) is 6. The molecule has 0 spiro atoms. The van der Waals surface area contributed by atoms with Crippen molar-refractivity contribution in [2.24, 2.45) is 0 Å². The van der Waals surface area contributed by atoms with Crippen LogP contribution in [0, 0.1) is 11.6 Å². The first-order valence-corrected chi connectivity index (χ1v) is 12.4. The van der Waals surface area contributed by atoms with Gasteiger partial charge in [-0.25, -0.2) is 8.78 Å². The van der Waals surface area contributed by atoms with Crippen LogP contribution < -0.4 is 14.8 Å². The molecule has 3 aromatic rings. The molecule has 11 heteroatoms. The van der Waals surface area contributed by atoms with E-state index in [4.69, 9.17) is 9.47 Å². The fraction of sp³-hybridized carbons (Fsp3) is 0.115. The molecule has 1 N–H and O–H groups in total. The van der Waals surface area contributed by atoms with Crippen molar-refractivity contribution in [3.63, 3.8) is 0 Å². The van der Waals surface area contributed by atoms with E-state index >= 15 is 0 Å². The Balaban J connectivity index is 1.48. The first kappa shape index (κ1) is 26.4. The van der Waals surface area contributed by atoms with Gasteiger partial charge in [0.15, 0.2) is 11.5 Å². The van der Waals surface area contributed by atoms with Gasteiger partial charge in [0.25, 0.3) is 11.1 Å². The molecule has 1 aliphatic heterocycles. The Labute approximate surface area is 223 Å². The van der Waals surface area contributed by atoms with Crippen LogP contribution in [0.1, 0.15) is 11.1 Å². The van der Waals surface area contributed by atoms with Crippen LogP contribution in [0.25, 0.3) is 6.08 Å². The number of carbonyl (C=O) groups excluding carboxylic acids is 3. The third-order valence-electron chi connectivity index (χ3n) is 5.18. The second kappa shape index (κ2) is 11.6. The van der Waals surface area contributed by atoms with E-state index in [1.54, 1.807) is 30.3 Å². The minimum atomic E-state index is -0.712. The lowest BCUT2D eigenvalue weighted by molar-refractivity contribution is -0.127. The van der Waals surface area contributed by atoms with Crippen LogP contribution in [-0.4, -0.2) is 35.6 Å². The molecule has 1 heterocycles. The summed E-state index contributed by atoms with van der Waals surface area (Å²) in [4.78, 5) is 38.5. The monoisotopic (exact) mass is 588 g/mol. The van der Waals surface area contributed by atoms with E-state index in [1.165, 1.54) is 43.5 Å². The zero-order valence-electron chi connectivity index (χ0n) is 19.3. The van der Waals surface area contributed by atoms with Gasteiger partial charge in [0, 0.05) is 4.47 Å². The number of hydrogen-bond donors (Lipinski definition) is 1. The molecular formula is C26H19BrF2N2O5S. The third-order valence-corrected chi connectivity index (χ3v) is 6.77. The quantitative estimate of drug-likeness (QED) is 0.325. The van der Waals surface area contributed by atoms with Crippen molar-refractivity contribution < 1.29 is 32.6 Å². The van der Waals surface area contributed by atoms with Crippen molar-refractivity contribution in [1.29, 1.82) is 0 Å². The standard InChI is InChI=1S/C26H19BrF2N2O5S/c1-35-21-10-16(18(27)12-22(21)36-14-15-5-4-6-17(28)9-15)11-23-25(33)31(26(34)37-23)13-24(32)30-20-8-3-2-7-19(20)29/h2-12H,13-14H2,1H3,(H,30,32)/b23-11-. The molecule has 3 amide bonds. The molecule has 0 saturated carbocycles. The van der Waals surface area contributed by atoms with Gasteiger partial charge in [-0.15, -0.1) is 0 Å². The number of anilines is 1. The molecule has 0 atom stereocenters. The van der Waals surface area contributed by atoms with Gasteiger partial charge in [-0.05, 0) is 65.4 Å². The minimum Gasteiger partial charge on any atom is -0.493 e. The molecule has 1 fully saturated rings. The van der Waals surface area contributed by atoms with E-state index in [1.807, 2.05) is 0 Å². The number of halogens is 3. The normalized spacial score (nSPS) is 14.3. The van der Waals surface area contributed by atoms with Gasteiger partial charge in [-0.2, -0.15) is 0 Å². The highest BCUT2D eigenvalue weighted by atomic mass is 79.9. The summed E-state index contributed by atoms with van der Waals surface area (Å²) in [6.07, 6.45) is 1.49. The van der Waals surface area contributed by atoms with Gasteiger partial charge >= 0.3 is 0 Å². The lowest BCUT2D eigenvalue weighted by Gasteiger charge is -2.13. The summed E-state index contributed by atoms with van der Waals surface area (Å²) in [5, 5.41) is 1.73. The van der Waals surface area contributed by atoms with E-state index in [0.29, 0.717) is 38.9 Å². The fourth-order valence-electron chi connectivity index (χ4n) is 3.40. The zero-order chi connectivity index (χ0) is 26.5. The lowest BCUT2D eigenvalue weighted by Crippen LogP contribution is -2.36. The maximum Gasteiger partial charge on any atom is 0.294 e. The Kier molecular flexibility index (Phi) is 8.24. The van der Waals surface area contributed by atoms with Crippen LogP contribution in [0.2, 0.25) is 0 Å². The molecule has 0 bridgehead atoms. The first-order chi connectivity index (χ1) is 17.7. The van der Waals surface area contributed by atoms with Crippen LogP contribution >= 0.6 is 27.7 Å². The highest BCUT2D eigenvalue weighted by Crippen LogP contribution is 2.38. The van der Waals surface area contributed by atoms with Crippen LogP contribution in [0.15, 0.2) is 70.0 Å². The largest absolute Gasteiger partial charge is 0.493 e. The van der Waals surface area contributed by atoms with Crippen molar-refractivity contribution in [1.82, 2.24) is 4.90 Å². The van der Waals surface area contributed by atoms with Crippen molar-refractivity contribution in [2.45, 2.75) is 6.61 Å². The molecule has 1 aliphatic rings. The molecule has 4 rings (SSSR count). The Morgan fingerprint density at radius 2 is 1.86 bits per heavy atom. The number of ether oxygens (including phenoxy) is 2. The topological polar surface area (TPSA) is 84.9 Å². The maximum atomic E-state index is 13.8. The molecule has 7 nitrogen and oxygen atoms in total. The van der Waals surface area contributed by atoms with E-state index in [-0.39, 0.29) is 23.0 Å². The summed E-state index contributed by atoms with van der Waals surface area (Å²) in [5.41, 5.74) is 1.11. The average Bonchev–Trinajstić information content (AvgIpc) is 3.12. The second-order valence-corrected chi connectivity index (χ2v) is 9.59. The minimum absolute atomic E-state index is 0.0502. The highest BCUT2D eigenvalue weighted by Gasteiger charge is 2.36. The van der Waals surface area contributed by atoms with E-state index in [9.17, 15) is 23.2 Å². The van der Waals surface area contributed by atoms with Gasteiger partial charge in [0.1, 0.15) is 24.8 Å². The van der Waals surface area contributed by atoms with Gasteiger partial charge < -0.3 is 14.8 Å². The summed E-state index contributed by atoms with van der Waals surface area (Å²) < 4.78 is 39.0. The summed E-state index contributed by atoms with van der Waals surface area (Å²) in [5.74, 6) is -1.63. The molecule has 3 aromatic carbocycles. The molecule has 1 saturated heterocycles. The third kappa shape index (κ3) is 6.36. The molecule has 0 unspecified atom stereocenters. The van der Waals surface area contributed by atoms with E-state index in [0.717, 1.165) is 4.90 Å². The average molecular weight is 589 g/mol. The molecular weight excluding hydrogens is 570 g/mol. The number of thioether (sulfide) groups is 1. The predicted octanol–water partition coefficient (Wildman–Crippen LogP) is 5.99. The number of imide groups is 1. The summed E-state index contributed by atoms with van der Waals surface area (Å²) in [6.45, 7) is -0.457. The first-order valence-electron chi connectivity index (χ1n) is 10.8. The van der Waals surface area contributed by atoms with Crippen molar-refractivity contribution in [2.75, 3.05) is 19.0 Å². The van der Waals surface area contributed by atoms with Gasteiger partial charge in [-0.3, -0.25) is 19.3 Å². The summed E-state index contributed by atoms with van der Waals surface area (Å²) >= 11 is 4.11. The SMILES string of the molecule is COc1cc(/C=C2\SC(=O)N(CC(=O)Nc3ccccc3F)C2=O)c(Br)cc1OCc1cccc(F)c1. The molecule has 190 valence electrons. The number of rotatable bonds is 8. The van der Waals surface area contributed by atoms with Gasteiger partial charge in [0.05, 0.1) is 17.7 Å². The zero-order valence-corrected chi connectivity index (χ0v) is 21.7. The van der Waals surface area contributed by atoms with Gasteiger partial charge in [0.2, 0.25) is 5.91 Å². The lowest BCUT2D eigenvalue weighted by atomic mass is 10.1. The number of benzene rings is 3. The van der Waals surface area contributed by atoms with Crippen LogP contribution in [0.5, 0.6) is 11.5 Å². The van der Waals surface area contributed by atoms with Crippen molar-refractivity contribution in [3.05, 3.63) is 92.8 Å². The molecule has 0 aromatic heterocycles. The number of nitrogens with zero attached hydrogens (tertiary/aromatic N) is 1. The summed E-state index contributed by atoms with van der Waals surface area (Å²) in [7, 11) is 1.45. The van der Waals surface area contributed by atoms with Crippen LogP contribution in [-0.2, 0) is 16.2 Å².